The van der Waals surface area contributed by atoms with Crippen LogP contribution in [0.25, 0.3) is 0 Å². The zero-order valence-electron chi connectivity index (χ0n) is 12.9. The molecule has 1 saturated heterocycles. The minimum atomic E-state index is -0.117. The zero-order valence-corrected chi connectivity index (χ0v) is 12.9. The minimum absolute atomic E-state index is 0.0609. The molecule has 1 fully saturated rings. The number of amides is 1. The first-order valence-corrected chi connectivity index (χ1v) is 7.39. The fraction of sp³-hybridized carbons (Fsp3) is 0.625. The van der Waals surface area contributed by atoms with Gasteiger partial charge in [0.1, 0.15) is 5.69 Å². The Morgan fingerprint density at radius 2 is 2.05 bits per heavy atom. The zero-order chi connectivity index (χ0) is 14.8. The Kier molecular flexibility index (Phi) is 4.43. The van der Waals surface area contributed by atoms with Crippen LogP contribution in [-0.2, 0) is 0 Å². The van der Waals surface area contributed by atoms with E-state index in [4.69, 9.17) is 0 Å². The van der Waals surface area contributed by atoms with E-state index in [0.29, 0.717) is 11.7 Å². The molecule has 0 aliphatic carbocycles. The summed E-state index contributed by atoms with van der Waals surface area (Å²) in [6.45, 7) is 10.6. The van der Waals surface area contributed by atoms with Crippen LogP contribution in [0.4, 0.5) is 0 Å². The summed E-state index contributed by atoms with van der Waals surface area (Å²) in [5.74, 6) is -0.0609. The van der Waals surface area contributed by atoms with Gasteiger partial charge >= 0.3 is 0 Å². The summed E-state index contributed by atoms with van der Waals surface area (Å²) >= 11 is 0. The van der Waals surface area contributed by atoms with Crippen molar-refractivity contribution < 1.29 is 4.79 Å². The van der Waals surface area contributed by atoms with Crippen molar-refractivity contribution in [2.45, 2.75) is 52.1 Å². The monoisotopic (exact) mass is 275 g/mol. The van der Waals surface area contributed by atoms with Crippen LogP contribution in [0.2, 0.25) is 0 Å². The molecule has 1 aromatic rings. The summed E-state index contributed by atoms with van der Waals surface area (Å²) in [4.78, 5) is 18.9. The van der Waals surface area contributed by atoms with Gasteiger partial charge < -0.3 is 10.2 Å². The maximum atomic E-state index is 12.3. The number of aromatic nitrogens is 1. The van der Waals surface area contributed by atoms with E-state index in [2.05, 4.69) is 36.0 Å². The summed E-state index contributed by atoms with van der Waals surface area (Å²) in [5.41, 5.74) is 1.45. The highest BCUT2D eigenvalue weighted by atomic mass is 16.2. The SMILES string of the molecule is Cc1ccnc(C(=O)NC2(C)CCN(C(C)C)CC2)c1. The molecular formula is C16H25N3O. The molecule has 110 valence electrons. The maximum Gasteiger partial charge on any atom is 0.270 e. The molecule has 20 heavy (non-hydrogen) atoms. The lowest BCUT2D eigenvalue weighted by atomic mass is 9.89. The van der Waals surface area contributed by atoms with E-state index in [1.54, 1.807) is 6.20 Å². The van der Waals surface area contributed by atoms with E-state index in [-0.39, 0.29) is 11.4 Å². The van der Waals surface area contributed by atoms with Crippen LogP contribution in [0.1, 0.15) is 49.7 Å². The third-order valence-electron chi connectivity index (χ3n) is 4.20. The normalized spacial score (nSPS) is 19.1. The Labute approximate surface area is 121 Å². The molecule has 0 aromatic carbocycles. The fourth-order valence-corrected chi connectivity index (χ4v) is 2.66. The van der Waals surface area contributed by atoms with Crippen LogP contribution in [0.5, 0.6) is 0 Å². The minimum Gasteiger partial charge on any atom is -0.345 e. The van der Waals surface area contributed by atoms with Gasteiger partial charge in [-0.3, -0.25) is 9.78 Å². The van der Waals surface area contributed by atoms with Crippen molar-refractivity contribution in [3.63, 3.8) is 0 Å². The standard InChI is InChI=1S/C16H25N3O/c1-12(2)19-9-6-16(4,7-10-19)18-15(20)14-11-13(3)5-8-17-14/h5,8,11-12H,6-7,9-10H2,1-4H3,(H,18,20). The predicted molar refractivity (Wildman–Crippen MR) is 80.8 cm³/mol. The Bertz CT molecular complexity index is 476. The van der Waals surface area contributed by atoms with E-state index < -0.39 is 0 Å². The Hall–Kier alpha value is -1.42. The van der Waals surface area contributed by atoms with E-state index in [9.17, 15) is 4.79 Å². The third kappa shape index (κ3) is 3.57. The molecule has 0 saturated carbocycles. The van der Waals surface area contributed by atoms with Crippen molar-refractivity contribution in [1.29, 1.82) is 0 Å². The number of hydrogen-bond acceptors (Lipinski definition) is 3. The molecule has 1 aliphatic rings. The van der Waals surface area contributed by atoms with Crippen molar-refractivity contribution in [1.82, 2.24) is 15.2 Å². The number of hydrogen-bond donors (Lipinski definition) is 1. The molecule has 4 heteroatoms. The lowest BCUT2D eigenvalue weighted by molar-refractivity contribution is 0.0797. The molecule has 2 heterocycles. The van der Waals surface area contributed by atoms with Crippen molar-refractivity contribution in [2.75, 3.05) is 13.1 Å². The van der Waals surface area contributed by atoms with Crippen molar-refractivity contribution >= 4 is 5.91 Å². The van der Waals surface area contributed by atoms with Crippen LogP contribution in [0.15, 0.2) is 18.3 Å². The van der Waals surface area contributed by atoms with Crippen LogP contribution in [0, 0.1) is 6.92 Å². The number of rotatable bonds is 3. The van der Waals surface area contributed by atoms with Gasteiger partial charge in [0.25, 0.3) is 5.91 Å². The molecule has 4 nitrogen and oxygen atoms in total. The van der Waals surface area contributed by atoms with Gasteiger partial charge in [0.05, 0.1) is 0 Å². The second kappa shape index (κ2) is 5.92. The quantitative estimate of drug-likeness (QED) is 0.921. The number of pyridine rings is 1. The van der Waals surface area contributed by atoms with Gasteiger partial charge in [-0.1, -0.05) is 0 Å². The molecule has 0 atom stereocenters. The number of carbonyl (C=O) groups is 1. The first kappa shape index (κ1) is 15.0. The topological polar surface area (TPSA) is 45.2 Å². The lowest BCUT2D eigenvalue weighted by Gasteiger charge is -2.41. The van der Waals surface area contributed by atoms with Gasteiger partial charge in [-0.05, 0) is 58.2 Å². The van der Waals surface area contributed by atoms with Gasteiger partial charge in [0.2, 0.25) is 0 Å². The molecular weight excluding hydrogens is 250 g/mol. The van der Waals surface area contributed by atoms with E-state index in [1.165, 1.54) is 0 Å². The molecule has 1 aromatic heterocycles. The molecule has 0 radical (unpaired) electrons. The maximum absolute atomic E-state index is 12.3. The van der Waals surface area contributed by atoms with Gasteiger partial charge in [-0.15, -0.1) is 0 Å². The summed E-state index contributed by atoms with van der Waals surface area (Å²) < 4.78 is 0. The van der Waals surface area contributed by atoms with Crippen molar-refractivity contribution in [3.05, 3.63) is 29.6 Å². The number of aryl methyl sites for hydroxylation is 1. The predicted octanol–water partition coefficient (Wildman–Crippen LogP) is 2.38. The van der Waals surface area contributed by atoms with Gasteiger partial charge in [0.15, 0.2) is 0 Å². The lowest BCUT2D eigenvalue weighted by Crippen LogP contribution is -2.54. The number of nitrogens with one attached hydrogen (secondary N) is 1. The van der Waals surface area contributed by atoms with Crippen molar-refractivity contribution in [2.24, 2.45) is 0 Å². The summed E-state index contributed by atoms with van der Waals surface area (Å²) in [5, 5.41) is 3.17. The number of piperidine rings is 1. The molecule has 0 unspecified atom stereocenters. The summed E-state index contributed by atoms with van der Waals surface area (Å²) in [6, 6.07) is 4.32. The van der Waals surface area contributed by atoms with Crippen molar-refractivity contribution in [3.8, 4) is 0 Å². The van der Waals surface area contributed by atoms with Gasteiger partial charge in [0, 0.05) is 30.9 Å². The number of carbonyl (C=O) groups excluding carboxylic acids is 1. The van der Waals surface area contributed by atoms with E-state index in [0.717, 1.165) is 31.5 Å². The molecule has 1 N–H and O–H groups in total. The largest absolute Gasteiger partial charge is 0.345 e. The summed E-state index contributed by atoms with van der Waals surface area (Å²) in [7, 11) is 0. The van der Waals surface area contributed by atoms with Crippen LogP contribution in [-0.4, -0.2) is 40.5 Å². The second-order valence-electron chi connectivity index (χ2n) is 6.36. The third-order valence-corrected chi connectivity index (χ3v) is 4.20. The van der Waals surface area contributed by atoms with E-state index >= 15 is 0 Å². The van der Waals surface area contributed by atoms with Gasteiger partial charge in [-0.25, -0.2) is 0 Å². The van der Waals surface area contributed by atoms with Crippen LogP contribution in [0.3, 0.4) is 0 Å². The molecule has 0 spiro atoms. The highest BCUT2D eigenvalue weighted by Crippen LogP contribution is 2.23. The van der Waals surface area contributed by atoms with Crippen LogP contribution >= 0.6 is 0 Å². The Morgan fingerprint density at radius 3 is 2.60 bits per heavy atom. The smallest absolute Gasteiger partial charge is 0.270 e. The average molecular weight is 275 g/mol. The Morgan fingerprint density at radius 1 is 1.40 bits per heavy atom. The first-order valence-electron chi connectivity index (χ1n) is 7.39. The number of likely N-dealkylation sites (tertiary alicyclic amines) is 1. The number of nitrogens with zero attached hydrogens (tertiary/aromatic N) is 2. The van der Waals surface area contributed by atoms with E-state index in [1.807, 2.05) is 19.1 Å². The molecule has 1 amide bonds. The Balaban J connectivity index is 1.98. The van der Waals surface area contributed by atoms with Gasteiger partial charge in [-0.2, -0.15) is 0 Å². The molecule has 0 bridgehead atoms. The molecule has 2 rings (SSSR count). The average Bonchev–Trinajstić information content (AvgIpc) is 2.38. The fourth-order valence-electron chi connectivity index (χ4n) is 2.66. The second-order valence-corrected chi connectivity index (χ2v) is 6.36. The van der Waals surface area contributed by atoms with Crippen LogP contribution < -0.4 is 5.32 Å². The first-order chi connectivity index (χ1) is 9.39. The highest BCUT2D eigenvalue weighted by Gasteiger charge is 2.32. The highest BCUT2D eigenvalue weighted by molar-refractivity contribution is 5.92. The summed E-state index contributed by atoms with van der Waals surface area (Å²) in [6.07, 6.45) is 3.67. The molecule has 1 aliphatic heterocycles.